The molecular formula is Cl5MoNa. The van der Waals surface area contributed by atoms with E-state index in [0.29, 0.717) is 0 Å². The van der Waals surface area contributed by atoms with Crippen LogP contribution in [0, 0.1) is 0 Å². The van der Waals surface area contributed by atoms with Crippen molar-refractivity contribution in [1.82, 2.24) is 0 Å². The van der Waals surface area contributed by atoms with Gasteiger partial charge in [-0.1, -0.05) is 0 Å². The van der Waals surface area contributed by atoms with Gasteiger partial charge in [-0.05, 0) is 0 Å². The first kappa shape index (κ1) is 86.0. The van der Waals surface area contributed by atoms with Gasteiger partial charge in [0.15, 0.2) is 0 Å². The van der Waals surface area contributed by atoms with E-state index in [4.69, 9.17) is 0 Å². The van der Waals surface area contributed by atoms with Crippen LogP contribution in [0.3, 0.4) is 0 Å². The molecule has 0 rings (SSSR count). The number of hydrogen-bond acceptors (Lipinski definition) is 0. The van der Waals surface area contributed by atoms with Crippen molar-refractivity contribution in [2.75, 3.05) is 0 Å². The fourth-order valence-corrected chi connectivity index (χ4v) is 0. The number of hydrogen-bond donors (Lipinski definition) is 0. The molecule has 0 aromatic carbocycles. The van der Waals surface area contributed by atoms with E-state index in [-0.39, 0.29) is 113 Å². The van der Waals surface area contributed by atoms with Gasteiger partial charge in [0.2, 0.25) is 0 Å². The van der Waals surface area contributed by atoms with Crippen LogP contribution >= 0.6 is 0 Å². The van der Waals surface area contributed by atoms with E-state index in [1.54, 1.807) is 0 Å². The zero-order chi connectivity index (χ0) is 0. The Balaban J connectivity index is 0. The van der Waals surface area contributed by atoms with Gasteiger partial charge in [0.05, 0.1) is 0 Å². The molecule has 0 bridgehead atoms. The van der Waals surface area contributed by atoms with Crippen molar-refractivity contribution in [3.8, 4) is 0 Å². The summed E-state index contributed by atoms with van der Waals surface area (Å²) < 4.78 is 0. The molecule has 0 aliphatic carbocycles. The molecule has 0 spiro atoms. The molecule has 0 atom stereocenters. The monoisotopic (exact) mass is 296 g/mol. The summed E-state index contributed by atoms with van der Waals surface area (Å²) in [5.41, 5.74) is 0. The van der Waals surface area contributed by atoms with Crippen molar-refractivity contribution in [2.45, 2.75) is 0 Å². The molecule has 0 radical (unpaired) electrons. The van der Waals surface area contributed by atoms with Crippen LogP contribution in [0.2, 0.25) is 0 Å². The summed E-state index contributed by atoms with van der Waals surface area (Å²) in [5.74, 6) is 0. The molecule has 0 N–H and O–H groups in total. The molecule has 0 nitrogen and oxygen atoms in total. The topological polar surface area (TPSA) is 0 Å². The first-order chi connectivity index (χ1) is 0. The molecule has 0 aromatic rings. The summed E-state index contributed by atoms with van der Waals surface area (Å²) in [6.07, 6.45) is 0. The Labute approximate surface area is 111 Å². The Hall–Kier alpha value is 3.14. The molecular weight excluding hydrogens is 296 g/mol. The van der Waals surface area contributed by atoms with Gasteiger partial charge in [0.25, 0.3) is 0 Å². The van der Waals surface area contributed by atoms with Crippen LogP contribution in [0.15, 0.2) is 0 Å². The Bertz CT molecular complexity index is 8.04. The minimum Gasteiger partial charge on any atom is -1.00 e. The summed E-state index contributed by atoms with van der Waals surface area (Å²) in [7, 11) is 0. The minimum atomic E-state index is 0. The zero-order valence-corrected chi connectivity index (χ0v) is 11.1. The smallest absolute Gasteiger partial charge is 1.00 e. The molecule has 0 heterocycles. The molecule has 0 aliphatic heterocycles. The van der Waals surface area contributed by atoms with E-state index in [2.05, 4.69) is 0 Å². The maximum absolute atomic E-state index is 0. The summed E-state index contributed by atoms with van der Waals surface area (Å²) in [6, 6.07) is 0. The van der Waals surface area contributed by atoms with E-state index < -0.39 is 0 Å². The summed E-state index contributed by atoms with van der Waals surface area (Å²) >= 11 is 0. The Morgan fingerprint density at radius 2 is 0.429 bits per heavy atom. The molecule has 0 aromatic heterocycles. The summed E-state index contributed by atoms with van der Waals surface area (Å²) in [5, 5.41) is 0. The average molecular weight is 296 g/mol. The first-order valence-corrected chi connectivity index (χ1v) is 0. The molecule has 7 heavy (non-hydrogen) atoms. The number of rotatable bonds is 0. The van der Waals surface area contributed by atoms with Gasteiger partial charge >= 0.3 is 50.6 Å². The number of halogens is 5. The van der Waals surface area contributed by atoms with Gasteiger partial charge in [-0.25, -0.2) is 0 Å². The fraction of sp³-hybridized carbons (Fsp3) is 0. The van der Waals surface area contributed by atoms with Gasteiger partial charge in [-0.15, -0.1) is 0 Å². The molecule has 7 heteroatoms. The quantitative estimate of drug-likeness (QED) is 0.390. The second-order valence-corrected chi connectivity index (χ2v) is 0. The maximum Gasteiger partial charge on any atom is 4.00 e. The van der Waals surface area contributed by atoms with Crippen molar-refractivity contribution in [3.63, 3.8) is 0 Å². The second kappa shape index (κ2) is 61.5. The molecule has 0 fully saturated rings. The molecule has 0 amide bonds. The van der Waals surface area contributed by atoms with Crippen molar-refractivity contribution in [3.05, 3.63) is 0 Å². The van der Waals surface area contributed by atoms with Crippen LogP contribution < -0.4 is 91.6 Å². The van der Waals surface area contributed by atoms with Crippen LogP contribution in [-0.4, -0.2) is 0 Å². The van der Waals surface area contributed by atoms with Crippen molar-refractivity contribution in [2.24, 2.45) is 0 Å². The third kappa shape index (κ3) is 47.3. The van der Waals surface area contributed by atoms with Crippen molar-refractivity contribution in [1.29, 1.82) is 0 Å². The van der Waals surface area contributed by atoms with Gasteiger partial charge < -0.3 is 62.0 Å². The average Bonchev–Trinajstić information content (AvgIpc) is 0. The Morgan fingerprint density at radius 1 is 0.429 bits per heavy atom. The van der Waals surface area contributed by atoms with Crippen molar-refractivity contribution >= 4 is 0 Å². The van der Waals surface area contributed by atoms with Crippen LogP contribution in [-0.2, 0) is 21.1 Å². The molecule has 0 saturated carbocycles. The molecule has 0 saturated heterocycles. The third-order valence-corrected chi connectivity index (χ3v) is 0. The van der Waals surface area contributed by atoms with E-state index in [9.17, 15) is 0 Å². The van der Waals surface area contributed by atoms with Crippen LogP contribution in [0.5, 0.6) is 0 Å². The zero-order valence-electron chi connectivity index (χ0n) is 3.30. The van der Waals surface area contributed by atoms with Crippen LogP contribution in [0.25, 0.3) is 0 Å². The predicted molar refractivity (Wildman–Crippen MR) is 0 cm³/mol. The second-order valence-electron chi connectivity index (χ2n) is 0. The standard InChI is InChI=1S/5ClH.Mo.Na/h5*1H;;/q;;;;;+4;+1/p-5. The van der Waals surface area contributed by atoms with E-state index in [1.807, 2.05) is 0 Å². The SMILES string of the molecule is [Cl-].[Cl-].[Cl-].[Cl-].[Cl-].[Mo+4].[Na+]. The Morgan fingerprint density at radius 3 is 0.429 bits per heavy atom. The van der Waals surface area contributed by atoms with Crippen LogP contribution in [0.4, 0.5) is 0 Å². The molecule has 42 valence electrons. The molecule has 0 unspecified atom stereocenters. The van der Waals surface area contributed by atoms with E-state index in [0.717, 1.165) is 0 Å². The summed E-state index contributed by atoms with van der Waals surface area (Å²) in [6.45, 7) is 0. The minimum absolute atomic E-state index is 0. The van der Waals surface area contributed by atoms with E-state index in [1.165, 1.54) is 0 Å². The largest absolute Gasteiger partial charge is 4.00 e. The summed E-state index contributed by atoms with van der Waals surface area (Å²) in [4.78, 5) is 0. The van der Waals surface area contributed by atoms with Crippen LogP contribution in [0.1, 0.15) is 0 Å². The first-order valence-electron chi connectivity index (χ1n) is 0. The van der Waals surface area contributed by atoms with Gasteiger partial charge in [-0.3, -0.25) is 0 Å². The van der Waals surface area contributed by atoms with E-state index >= 15 is 0 Å². The van der Waals surface area contributed by atoms with Gasteiger partial charge in [-0.2, -0.15) is 0 Å². The van der Waals surface area contributed by atoms with Crippen molar-refractivity contribution < 1.29 is 113 Å². The van der Waals surface area contributed by atoms with Gasteiger partial charge in [0.1, 0.15) is 0 Å². The Kier molecular flexibility index (Phi) is 755. The fourth-order valence-electron chi connectivity index (χ4n) is 0. The normalized spacial score (nSPS) is 0. The maximum atomic E-state index is 0. The third-order valence-electron chi connectivity index (χ3n) is 0. The predicted octanol–water partition coefficient (Wildman–Crippen LogP) is -18.0. The molecule has 0 aliphatic rings. The van der Waals surface area contributed by atoms with Gasteiger partial charge in [0, 0.05) is 0 Å².